The van der Waals surface area contributed by atoms with Gasteiger partial charge >= 0.3 is 0 Å². The Morgan fingerprint density at radius 1 is 1.44 bits per heavy atom. The molecule has 1 aromatic rings. The van der Waals surface area contributed by atoms with E-state index in [1.807, 2.05) is 30.2 Å². The molecule has 2 heterocycles. The van der Waals surface area contributed by atoms with E-state index in [1.165, 1.54) is 17.7 Å². The summed E-state index contributed by atoms with van der Waals surface area (Å²) in [6.07, 6.45) is 2.33. The topological polar surface area (TPSA) is 20.3 Å². The van der Waals surface area contributed by atoms with Crippen LogP contribution in [0.5, 0.6) is 0 Å². The summed E-state index contributed by atoms with van der Waals surface area (Å²) in [6.45, 7) is 6.91. The highest BCUT2D eigenvalue weighted by Gasteiger charge is 2.58. The summed E-state index contributed by atoms with van der Waals surface area (Å²) in [5.74, 6) is 0.247. The molecule has 1 fully saturated rings. The Kier molecular flexibility index (Phi) is 4.14. The van der Waals surface area contributed by atoms with Crippen LogP contribution in [0.15, 0.2) is 11.4 Å². The van der Waals surface area contributed by atoms with Gasteiger partial charge in [0.1, 0.15) is 0 Å². The number of hydrogen-bond acceptors (Lipinski definition) is 2. The molecule has 1 amide bonds. The first-order chi connectivity index (χ1) is 7.29. The first-order valence-corrected chi connectivity index (χ1v) is 6.57. The molecular weight excluding hydrogens is 237 g/mol. The van der Waals surface area contributed by atoms with Crippen LogP contribution in [0.2, 0.25) is 0 Å². The SMILES string of the molecule is CC.CCN1C(=O)c2ccsc2C12CC2.P. The zero-order valence-corrected chi connectivity index (χ0v) is 12.5. The first kappa shape index (κ1) is 13.7. The van der Waals surface area contributed by atoms with Crippen LogP contribution in [0.25, 0.3) is 0 Å². The van der Waals surface area contributed by atoms with E-state index in [9.17, 15) is 4.79 Å². The van der Waals surface area contributed by atoms with Crippen molar-refractivity contribution in [2.75, 3.05) is 6.54 Å². The molecule has 0 N–H and O–H groups in total. The number of carbonyl (C=O) groups excluding carboxylic acids is 1. The lowest BCUT2D eigenvalue weighted by Gasteiger charge is -2.22. The molecule has 0 aromatic carbocycles. The fourth-order valence-corrected chi connectivity index (χ4v) is 3.52. The van der Waals surface area contributed by atoms with Crippen LogP contribution in [0.1, 0.15) is 48.8 Å². The molecule has 1 saturated carbocycles. The van der Waals surface area contributed by atoms with E-state index in [0.29, 0.717) is 0 Å². The number of hydrogen-bond donors (Lipinski definition) is 0. The van der Waals surface area contributed by atoms with Crippen molar-refractivity contribution in [1.82, 2.24) is 4.90 Å². The third-order valence-electron chi connectivity index (χ3n) is 3.12. The van der Waals surface area contributed by atoms with Crippen LogP contribution in [0, 0.1) is 0 Å². The normalized spacial score (nSPS) is 18.7. The molecule has 1 aliphatic heterocycles. The van der Waals surface area contributed by atoms with Gasteiger partial charge in [0.25, 0.3) is 5.91 Å². The van der Waals surface area contributed by atoms with Gasteiger partial charge in [-0.3, -0.25) is 4.79 Å². The second-order valence-corrected chi connectivity index (χ2v) is 4.66. The summed E-state index contributed by atoms with van der Waals surface area (Å²) in [4.78, 5) is 15.2. The lowest BCUT2D eigenvalue weighted by molar-refractivity contribution is 0.0714. The second kappa shape index (κ2) is 4.85. The third-order valence-corrected chi connectivity index (χ3v) is 4.23. The fraction of sp³-hybridized carbons (Fsp3) is 0.583. The number of rotatable bonds is 1. The van der Waals surface area contributed by atoms with Gasteiger partial charge in [-0.15, -0.1) is 11.3 Å². The Morgan fingerprint density at radius 2 is 2.06 bits per heavy atom. The average molecular weight is 257 g/mol. The lowest BCUT2D eigenvalue weighted by atomic mass is 10.2. The minimum atomic E-state index is 0. The Bertz CT molecular complexity index is 384. The van der Waals surface area contributed by atoms with Gasteiger partial charge in [0.15, 0.2) is 0 Å². The molecule has 1 aromatic heterocycles. The molecule has 0 bridgehead atoms. The highest BCUT2D eigenvalue weighted by molar-refractivity contribution is 7.10. The largest absolute Gasteiger partial charge is 0.328 e. The third kappa shape index (κ3) is 1.61. The quantitative estimate of drug-likeness (QED) is 0.707. The molecule has 0 radical (unpaired) electrons. The molecular formula is C12H20NOPS. The van der Waals surface area contributed by atoms with Gasteiger partial charge in [0.2, 0.25) is 0 Å². The van der Waals surface area contributed by atoms with Gasteiger partial charge < -0.3 is 4.90 Å². The van der Waals surface area contributed by atoms with E-state index >= 15 is 0 Å². The van der Waals surface area contributed by atoms with E-state index in [0.717, 1.165) is 12.1 Å². The van der Waals surface area contributed by atoms with Crippen LogP contribution < -0.4 is 0 Å². The molecule has 4 heteroatoms. The van der Waals surface area contributed by atoms with E-state index in [1.54, 1.807) is 11.3 Å². The summed E-state index contributed by atoms with van der Waals surface area (Å²) in [5, 5.41) is 2.04. The monoisotopic (exact) mass is 257 g/mol. The van der Waals surface area contributed by atoms with Crippen LogP contribution >= 0.6 is 21.2 Å². The van der Waals surface area contributed by atoms with Crippen molar-refractivity contribution in [3.63, 3.8) is 0 Å². The van der Waals surface area contributed by atoms with Crippen LogP contribution in [0.4, 0.5) is 0 Å². The average Bonchev–Trinajstić information content (AvgIpc) is 2.85. The molecule has 1 unspecified atom stereocenters. The molecule has 1 atom stereocenters. The first-order valence-electron chi connectivity index (χ1n) is 5.69. The standard InChI is InChI=1S/C10H11NOS.C2H6.H3P/c1-2-11-9(12)7-3-6-13-8(7)10(11)4-5-10;1-2;/h3,6H,2,4-5H2,1H3;1-2H3;1H3. The fourth-order valence-electron chi connectivity index (χ4n) is 2.36. The molecule has 2 aliphatic rings. The predicted molar refractivity (Wildman–Crippen MR) is 74.4 cm³/mol. The van der Waals surface area contributed by atoms with Gasteiger partial charge in [-0.05, 0) is 31.2 Å². The lowest BCUT2D eigenvalue weighted by Crippen LogP contribution is -2.32. The summed E-state index contributed by atoms with van der Waals surface area (Å²) >= 11 is 1.74. The van der Waals surface area contributed by atoms with Crippen molar-refractivity contribution in [1.29, 1.82) is 0 Å². The Balaban J connectivity index is 0.000000406. The summed E-state index contributed by atoms with van der Waals surface area (Å²) in [6, 6.07) is 1.97. The molecule has 1 spiro atoms. The van der Waals surface area contributed by atoms with Crippen molar-refractivity contribution in [2.45, 2.75) is 39.2 Å². The van der Waals surface area contributed by atoms with Crippen molar-refractivity contribution >= 4 is 27.1 Å². The molecule has 0 saturated heterocycles. The molecule has 90 valence electrons. The van der Waals surface area contributed by atoms with Crippen molar-refractivity contribution in [2.24, 2.45) is 0 Å². The number of carbonyl (C=O) groups is 1. The highest BCUT2D eigenvalue weighted by atomic mass is 32.1. The number of fused-ring (bicyclic) bond motifs is 2. The van der Waals surface area contributed by atoms with Crippen LogP contribution in [-0.4, -0.2) is 17.4 Å². The van der Waals surface area contributed by atoms with E-state index in [4.69, 9.17) is 0 Å². The maximum Gasteiger partial charge on any atom is 0.255 e. The van der Waals surface area contributed by atoms with E-state index < -0.39 is 0 Å². The van der Waals surface area contributed by atoms with E-state index in [-0.39, 0.29) is 21.3 Å². The van der Waals surface area contributed by atoms with Gasteiger partial charge in [-0.2, -0.15) is 9.90 Å². The molecule has 1 aliphatic carbocycles. The second-order valence-electron chi connectivity index (χ2n) is 3.74. The van der Waals surface area contributed by atoms with Crippen molar-refractivity contribution < 1.29 is 4.79 Å². The minimum absolute atomic E-state index is 0. The van der Waals surface area contributed by atoms with Gasteiger partial charge in [-0.25, -0.2) is 0 Å². The zero-order valence-electron chi connectivity index (χ0n) is 10.2. The van der Waals surface area contributed by atoms with Gasteiger partial charge in [0, 0.05) is 11.4 Å². The van der Waals surface area contributed by atoms with E-state index in [2.05, 4.69) is 6.92 Å². The molecule has 16 heavy (non-hydrogen) atoms. The predicted octanol–water partition coefficient (Wildman–Crippen LogP) is 3.30. The highest BCUT2D eigenvalue weighted by Crippen LogP contribution is 2.57. The molecule has 3 rings (SSSR count). The number of nitrogens with zero attached hydrogens (tertiary/aromatic N) is 1. The number of amides is 1. The smallest absolute Gasteiger partial charge is 0.255 e. The van der Waals surface area contributed by atoms with Crippen LogP contribution in [-0.2, 0) is 5.54 Å². The maximum atomic E-state index is 11.9. The zero-order chi connectivity index (χ0) is 11.1. The van der Waals surface area contributed by atoms with Crippen molar-refractivity contribution in [3.05, 3.63) is 21.9 Å². The van der Waals surface area contributed by atoms with Crippen LogP contribution in [0.3, 0.4) is 0 Å². The maximum absolute atomic E-state index is 11.9. The van der Waals surface area contributed by atoms with Gasteiger partial charge in [0.05, 0.1) is 11.1 Å². The van der Waals surface area contributed by atoms with Crippen molar-refractivity contribution in [3.8, 4) is 0 Å². The molecule has 2 nitrogen and oxygen atoms in total. The summed E-state index contributed by atoms with van der Waals surface area (Å²) < 4.78 is 0. The summed E-state index contributed by atoms with van der Waals surface area (Å²) in [5.41, 5.74) is 1.11. The minimum Gasteiger partial charge on any atom is -0.328 e. The Hall–Kier alpha value is -0.400. The number of thiophene rings is 1. The van der Waals surface area contributed by atoms with Gasteiger partial charge in [-0.1, -0.05) is 13.8 Å². The Labute approximate surface area is 105 Å². The summed E-state index contributed by atoms with van der Waals surface area (Å²) in [7, 11) is 0. The Morgan fingerprint density at radius 3 is 2.56 bits per heavy atom.